The average molecular weight is 470 g/mol. The van der Waals surface area contributed by atoms with E-state index in [1.165, 1.54) is 6.07 Å². The van der Waals surface area contributed by atoms with Crippen LogP contribution in [0.15, 0.2) is 36.5 Å². The molecule has 2 N–H and O–H groups in total. The predicted octanol–water partition coefficient (Wildman–Crippen LogP) is 4.21. The molecule has 1 aliphatic rings. The minimum Gasteiger partial charge on any atom is -0.487 e. The fourth-order valence-corrected chi connectivity index (χ4v) is 3.74. The number of benzene rings is 2. The van der Waals surface area contributed by atoms with Crippen LogP contribution < -0.4 is 20.1 Å². The molecule has 2 amide bonds. The van der Waals surface area contributed by atoms with Crippen LogP contribution in [0.1, 0.15) is 47.1 Å². The van der Waals surface area contributed by atoms with E-state index in [2.05, 4.69) is 15.7 Å². The number of nitrogens with one attached hydrogen (secondary N) is 2. The van der Waals surface area contributed by atoms with Crippen LogP contribution in [0, 0.1) is 11.6 Å². The van der Waals surface area contributed by atoms with E-state index in [1.54, 1.807) is 37.0 Å². The topological polar surface area (TPSA) is 94.5 Å². The maximum atomic E-state index is 14.6. The Bertz CT molecular complexity index is 1260. The van der Waals surface area contributed by atoms with E-state index in [0.717, 1.165) is 12.1 Å². The number of carbonyl (C=O) groups is 2. The number of amides is 2. The summed E-state index contributed by atoms with van der Waals surface area (Å²) in [5.74, 6) is -2.56. The van der Waals surface area contributed by atoms with Crippen molar-refractivity contribution in [2.75, 3.05) is 11.9 Å². The Balaban J connectivity index is 1.69. The minimum atomic E-state index is -1.06. The number of rotatable bonds is 6. The normalized spacial score (nSPS) is 13.7. The van der Waals surface area contributed by atoms with E-state index in [4.69, 9.17) is 9.47 Å². The van der Waals surface area contributed by atoms with E-state index in [9.17, 15) is 18.4 Å². The zero-order valence-corrected chi connectivity index (χ0v) is 19.2. The van der Waals surface area contributed by atoms with E-state index in [0.29, 0.717) is 23.6 Å². The highest BCUT2D eigenvalue weighted by Gasteiger charge is 2.34. The summed E-state index contributed by atoms with van der Waals surface area (Å²) in [7, 11) is 1.72. The highest BCUT2D eigenvalue weighted by Crippen LogP contribution is 2.43. The van der Waals surface area contributed by atoms with Crippen LogP contribution >= 0.6 is 0 Å². The average Bonchev–Trinajstić information content (AvgIpc) is 3.28. The van der Waals surface area contributed by atoms with Gasteiger partial charge in [-0.3, -0.25) is 14.3 Å². The number of ether oxygens (including phenoxy) is 2. The second-order valence-corrected chi connectivity index (χ2v) is 8.54. The van der Waals surface area contributed by atoms with E-state index < -0.39 is 34.6 Å². The summed E-state index contributed by atoms with van der Waals surface area (Å²) in [6.45, 7) is 5.63. The Kier molecular flexibility index (Phi) is 5.99. The van der Waals surface area contributed by atoms with Gasteiger partial charge in [0.25, 0.3) is 11.8 Å². The molecule has 1 aliphatic heterocycles. The number of aryl methyl sites for hydroxylation is 1. The largest absolute Gasteiger partial charge is 0.487 e. The minimum absolute atomic E-state index is 0.155. The van der Waals surface area contributed by atoms with Crippen molar-refractivity contribution in [1.82, 2.24) is 15.1 Å². The third kappa shape index (κ3) is 4.70. The van der Waals surface area contributed by atoms with Crippen LogP contribution in [0.2, 0.25) is 0 Å². The Labute approximate surface area is 194 Å². The van der Waals surface area contributed by atoms with Crippen molar-refractivity contribution in [2.24, 2.45) is 7.05 Å². The predicted molar refractivity (Wildman–Crippen MR) is 120 cm³/mol. The lowest BCUT2D eigenvalue weighted by Crippen LogP contribution is -2.25. The molecule has 0 saturated carbocycles. The molecule has 0 atom stereocenters. The zero-order chi connectivity index (χ0) is 24.6. The van der Waals surface area contributed by atoms with Gasteiger partial charge in [-0.2, -0.15) is 5.10 Å². The first-order chi connectivity index (χ1) is 16.1. The van der Waals surface area contributed by atoms with Crippen LogP contribution in [0.5, 0.6) is 17.2 Å². The molecule has 1 aromatic heterocycles. The fraction of sp³-hybridized carbons (Fsp3) is 0.292. The Hall–Kier alpha value is -3.95. The lowest BCUT2D eigenvalue weighted by molar-refractivity contribution is 0.0946. The second-order valence-electron chi connectivity index (χ2n) is 8.54. The first-order valence-corrected chi connectivity index (χ1v) is 10.7. The lowest BCUT2D eigenvalue weighted by Gasteiger charge is -2.16. The quantitative estimate of drug-likeness (QED) is 0.563. The maximum Gasteiger partial charge on any atom is 0.257 e. The highest BCUT2D eigenvalue weighted by atomic mass is 19.1. The molecule has 0 saturated heterocycles. The van der Waals surface area contributed by atoms with Gasteiger partial charge >= 0.3 is 0 Å². The molecule has 178 valence electrons. The maximum absolute atomic E-state index is 14.6. The Morgan fingerprint density at radius 2 is 1.88 bits per heavy atom. The number of aromatic nitrogens is 2. The first kappa shape index (κ1) is 23.2. The summed E-state index contributed by atoms with van der Waals surface area (Å²) < 4.78 is 42.4. The zero-order valence-electron chi connectivity index (χ0n) is 19.2. The van der Waals surface area contributed by atoms with Gasteiger partial charge in [0.05, 0.1) is 0 Å². The van der Waals surface area contributed by atoms with Gasteiger partial charge in [0.1, 0.15) is 40.0 Å². The van der Waals surface area contributed by atoms with Crippen LogP contribution in [0.3, 0.4) is 0 Å². The van der Waals surface area contributed by atoms with Gasteiger partial charge in [0, 0.05) is 55.5 Å². The molecule has 0 radical (unpaired) electrons. The molecule has 8 nitrogen and oxygen atoms in total. The number of carbonyl (C=O) groups excluding carboxylic acids is 2. The molecule has 10 heteroatoms. The fourth-order valence-electron chi connectivity index (χ4n) is 3.74. The molecular formula is C24H24F2N4O4. The number of nitrogens with zero attached hydrogens (tertiary/aromatic N) is 2. The summed E-state index contributed by atoms with van der Waals surface area (Å²) in [4.78, 5) is 24.8. The molecule has 2 aromatic carbocycles. The van der Waals surface area contributed by atoms with Crippen molar-refractivity contribution in [3.05, 3.63) is 64.9 Å². The summed E-state index contributed by atoms with van der Waals surface area (Å²) in [6.07, 6.45) is 2.15. The molecule has 3 aromatic rings. The smallest absolute Gasteiger partial charge is 0.257 e. The lowest BCUT2D eigenvalue weighted by atomic mass is 9.99. The van der Waals surface area contributed by atoms with Gasteiger partial charge in [-0.1, -0.05) is 0 Å². The molecule has 34 heavy (non-hydrogen) atoms. The third-order valence-electron chi connectivity index (χ3n) is 5.18. The van der Waals surface area contributed by atoms with Crippen LogP contribution in [0.4, 0.5) is 14.6 Å². The summed E-state index contributed by atoms with van der Waals surface area (Å²) in [5, 5.41) is 9.18. The SMILES string of the molecule is CCNC(=O)c1c(F)cc(Oc2cc(C(=O)Nc3ccn(C)n3)cc3c2CC(C)(C)O3)cc1F. The van der Waals surface area contributed by atoms with Gasteiger partial charge in [-0.15, -0.1) is 0 Å². The van der Waals surface area contributed by atoms with Crippen molar-refractivity contribution in [3.8, 4) is 17.2 Å². The number of halogens is 2. The summed E-state index contributed by atoms with van der Waals surface area (Å²) in [6, 6.07) is 6.58. The van der Waals surface area contributed by atoms with Crippen molar-refractivity contribution >= 4 is 17.6 Å². The molecule has 4 rings (SSSR count). The number of anilines is 1. The molecule has 0 spiro atoms. The van der Waals surface area contributed by atoms with Crippen molar-refractivity contribution in [2.45, 2.75) is 32.8 Å². The van der Waals surface area contributed by atoms with Crippen molar-refractivity contribution in [1.29, 1.82) is 0 Å². The van der Waals surface area contributed by atoms with Gasteiger partial charge < -0.3 is 20.1 Å². The van der Waals surface area contributed by atoms with Crippen LogP contribution in [-0.2, 0) is 13.5 Å². The molecule has 0 aliphatic carbocycles. The standard InChI is InChI=1S/C24H24F2N4O4/c1-5-27-23(32)21-16(25)10-14(11-17(21)26)33-18-8-13(9-19-15(18)12-24(2,3)34-19)22(31)28-20-6-7-30(4)29-20/h6-11H,5,12H2,1-4H3,(H,27,32)(H,28,29,31). The first-order valence-electron chi connectivity index (χ1n) is 10.7. The molecule has 0 fully saturated rings. The number of hydrogen-bond acceptors (Lipinski definition) is 5. The van der Waals surface area contributed by atoms with Gasteiger partial charge in [-0.25, -0.2) is 8.78 Å². The van der Waals surface area contributed by atoms with E-state index in [1.807, 2.05) is 13.8 Å². The van der Waals surface area contributed by atoms with Crippen molar-refractivity contribution < 1.29 is 27.8 Å². The monoisotopic (exact) mass is 470 g/mol. The molecule has 2 heterocycles. The van der Waals surface area contributed by atoms with Gasteiger partial charge in [-0.05, 0) is 32.9 Å². The molecule has 0 bridgehead atoms. The number of hydrogen-bond donors (Lipinski definition) is 2. The second kappa shape index (κ2) is 8.77. The molecule has 0 unspecified atom stereocenters. The van der Waals surface area contributed by atoms with E-state index in [-0.39, 0.29) is 23.6 Å². The van der Waals surface area contributed by atoms with E-state index >= 15 is 0 Å². The number of fused-ring (bicyclic) bond motifs is 1. The summed E-state index contributed by atoms with van der Waals surface area (Å²) in [5.41, 5.74) is -0.368. The third-order valence-corrected chi connectivity index (χ3v) is 5.18. The van der Waals surface area contributed by atoms with Gasteiger partial charge in [0.15, 0.2) is 5.82 Å². The summed E-state index contributed by atoms with van der Waals surface area (Å²) >= 11 is 0. The van der Waals surface area contributed by atoms with Crippen LogP contribution in [-0.4, -0.2) is 33.7 Å². The van der Waals surface area contributed by atoms with Crippen molar-refractivity contribution in [3.63, 3.8) is 0 Å². The Morgan fingerprint density at radius 1 is 1.18 bits per heavy atom. The highest BCUT2D eigenvalue weighted by molar-refractivity contribution is 6.04. The molecular weight excluding hydrogens is 446 g/mol. The van der Waals surface area contributed by atoms with Gasteiger partial charge in [0.2, 0.25) is 0 Å². The Morgan fingerprint density at radius 3 is 2.50 bits per heavy atom. The van der Waals surface area contributed by atoms with Crippen LogP contribution in [0.25, 0.3) is 0 Å².